The van der Waals surface area contributed by atoms with Crippen molar-refractivity contribution in [2.24, 2.45) is 5.73 Å². The van der Waals surface area contributed by atoms with Crippen LogP contribution >= 0.6 is 11.3 Å². The van der Waals surface area contributed by atoms with Crippen molar-refractivity contribution in [3.8, 4) is 0 Å². The molecule has 0 spiro atoms. The molecule has 0 radical (unpaired) electrons. The van der Waals surface area contributed by atoms with E-state index in [0.717, 1.165) is 15.6 Å². The topological polar surface area (TPSA) is 51.8 Å². The third-order valence-corrected chi connectivity index (χ3v) is 4.50. The van der Waals surface area contributed by atoms with E-state index in [1.807, 2.05) is 30.3 Å². The Labute approximate surface area is 105 Å². The molecule has 1 aliphatic rings. The van der Waals surface area contributed by atoms with Crippen LogP contribution in [0.4, 0.5) is 0 Å². The summed E-state index contributed by atoms with van der Waals surface area (Å²) in [5, 5.41) is 10.6. The molecule has 88 valence electrons. The van der Waals surface area contributed by atoms with Gasteiger partial charge in [-0.2, -0.15) is 0 Å². The number of rotatable bonds is 3. The summed E-state index contributed by atoms with van der Waals surface area (Å²) in [4.78, 5) is 0. The first-order valence-corrected chi connectivity index (χ1v) is 6.80. The molecule has 1 aromatic heterocycles. The molecule has 0 bridgehead atoms. The van der Waals surface area contributed by atoms with Gasteiger partial charge in [-0.1, -0.05) is 48.1 Å². The summed E-state index contributed by atoms with van der Waals surface area (Å²) in [6.07, 6.45) is 3.84. The van der Waals surface area contributed by atoms with E-state index in [-0.39, 0.29) is 6.04 Å². The van der Waals surface area contributed by atoms with Crippen LogP contribution in [0.2, 0.25) is 0 Å². The van der Waals surface area contributed by atoms with E-state index < -0.39 is 0 Å². The molecule has 1 aromatic carbocycles. The van der Waals surface area contributed by atoms with Crippen LogP contribution in [0, 0.1) is 0 Å². The van der Waals surface area contributed by atoms with Gasteiger partial charge in [-0.05, 0) is 18.4 Å². The molecule has 1 unspecified atom stereocenters. The quantitative estimate of drug-likeness (QED) is 0.904. The lowest BCUT2D eigenvalue weighted by atomic mass is 9.86. The fourth-order valence-corrected chi connectivity index (χ4v) is 3.04. The summed E-state index contributed by atoms with van der Waals surface area (Å²) in [6.45, 7) is 0. The SMILES string of the molecule is NC(c1ccccc1)c1nnc(C2CCC2)s1. The Morgan fingerprint density at radius 3 is 2.59 bits per heavy atom. The van der Waals surface area contributed by atoms with E-state index in [4.69, 9.17) is 5.73 Å². The maximum atomic E-state index is 6.20. The first-order chi connectivity index (χ1) is 8.34. The number of nitrogens with zero attached hydrogens (tertiary/aromatic N) is 2. The van der Waals surface area contributed by atoms with Gasteiger partial charge in [-0.25, -0.2) is 0 Å². The molecule has 17 heavy (non-hydrogen) atoms. The Hall–Kier alpha value is -1.26. The van der Waals surface area contributed by atoms with Crippen molar-refractivity contribution in [3.63, 3.8) is 0 Å². The van der Waals surface area contributed by atoms with Crippen molar-refractivity contribution in [2.75, 3.05) is 0 Å². The Kier molecular flexibility index (Phi) is 2.91. The molecule has 1 heterocycles. The average Bonchev–Trinajstić information content (AvgIpc) is 2.76. The molecule has 4 heteroatoms. The van der Waals surface area contributed by atoms with Crippen LogP contribution in [0.5, 0.6) is 0 Å². The Morgan fingerprint density at radius 1 is 1.18 bits per heavy atom. The van der Waals surface area contributed by atoms with Gasteiger partial charge in [-0.15, -0.1) is 10.2 Å². The third-order valence-electron chi connectivity index (χ3n) is 3.34. The molecule has 1 aliphatic carbocycles. The van der Waals surface area contributed by atoms with Crippen LogP contribution in [-0.4, -0.2) is 10.2 Å². The molecule has 1 atom stereocenters. The zero-order chi connectivity index (χ0) is 11.7. The standard InChI is InChI=1S/C13H15N3S/c14-11(9-5-2-1-3-6-9)13-16-15-12(17-13)10-7-4-8-10/h1-3,5-6,10-11H,4,7-8,14H2. The lowest BCUT2D eigenvalue weighted by molar-refractivity contribution is 0.416. The predicted octanol–water partition coefficient (Wildman–Crippen LogP) is 2.85. The fourth-order valence-electron chi connectivity index (χ4n) is 2.00. The maximum absolute atomic E-state index is 6.20. The second-order valence-electron chi connectivity index (χ2n) is 4.49. The van der Waals surface area contributed by atoms with Crippen molar-refractivity contribution >= 4 is 11.3 Å². The van der Waals surface area contributed by atoms with E-state index in [0.29, 0.717) is 5.92 Å². The van der Waals surface area contributed by atoms with Gasteiger partial charge in [0.1, 0.15) is 10.0 Å². The van der Waals surface area contributed by atoms with Gasteiger partial charge in [0.05, 0.1) is 6.04 Å². The zero-order valence-corrected chi connectivity index (χ0v) is 10.4. The van der Waals surface area contributed by atoms with Crippen LogP contribution < -0.4 is 5.73 Å². The van der Waals surface area contributed by atoms with Gasteiger partial charge in [0.2, 0.25) is 0 Å². The second-order valence-corrected chi connectivity index (χ2v) is 5.54. The summed E-state index contributed by atoms with van der Waals surface area (Å²) in [6, 6.07) is 9.94. The van der Waals surface area contributed by atoms with Gasteiger partial charge in [0.25, 0.3) is 0 Å². The minimum Gasteiger partial charge on any atom is -0.318 e. The monoisotopic (exact) mass is 245 g/mol. The molecule has 0 saturated heterocycles. The van der Waals surface area contributed by atoms with E-state index >= 15 is 0 Å². The van der Waals surface area contributed by atoms with E-state index in [2.05, 4.69) is 10.2 Å². The lowest BCUT2D eigenvalue weighted by Gasteiger charge is -2.21. The highest BCUT2D eigenvalue weighted by molar-refractivity contribution is 7.11. The molecule has 0 aliphatic heterocycles. The summed E-state index contributed by atoms with van der Waals surface area (Å²) in [5.74, 6) is 0.643. The number of nitrogens with two attached hydrogens (primary N) is 1. The zero-order valence-electron chi connectivity index (χ0n) is 9.54. The number of aromatic nitrogens is 2. The third kappa shape index (κ3) is 2.10. The minimum absolute atomic E-state index is 0.137. The summed E-state index contributed by atoms with van der Waals surface area (Å²) < 4.78 is 0. The highest BCUT2D eigenvalue weighted by Crippen LogP contribution is 2.38. The largest absolute Gasteiger partial charge is 0.318 e. The smallest absolute Gasteiger partial charge is 0.138 e. The first-order valence-electron chi connectivity index (χ1n) is 5.98. The van der Waals surface area contributed by atoms with E-state index in [1.165, 1.54) is 19.3 Å². The summed E-state index contributed by atoms with van der Waals surface area (Å²) in [5.41, 5.74) is 7.30. The molecular weight excluding hydrogens is 230 g/mol. The van der Waals surface area contributed by atoms with Gasteiger partial charge >= 0.3 is 0 Å². The van der Waals surface area contributed by atoms with Crippen LogP contribution in [0.15, 0.2) is 30.3 Å². The summed E-state index contributed by atoms with van der Waals surface area (Å²) in [7, 11) is 0. The Morgan fingerprint density at radius 2 is 1.94 bits per heavy atom. The molecule has 0 amide bonds. The van der Waals surface area contributed by atoms with Gasteiger partial charge < -0.3 is 5.73 Å². The molecule has 2 N–H and O–H groups in total. The Balaban J connectivity index is 1.81. The second kappa shape index (κ2) is 4.55. The van der Waals surface area contributed by atoms with Crippen LogP contribution in [0.1, 0.15) is 46.8 Å². The fraction of sp³-hybridized carbons (Fsp3) is 0.385. The first kappa shape index (κ1) is 10.9. The van der Waals surface area contributed by atoms with Crippen LogP contribution in [0.3, 0.4) is 0 Å². The normalized spacial score (nSPS) is 17.7. The van der Waals surface area contributed by atoms with Crippen molar-refractivity contribution in [2.45, 2.75) is 31.2 Å². The van der Waals surface area contributed by atoms with Gasteiger partial charge in [0.15, 0.2) is 0 Å². The average molecular weight is 245 g/mol. The van der Waals surface area contributed by atoms with Crippen molar-refractivity contribution in [1.29, 1.82) is 0 Å². The number of hydrogen-bond acceptors (Lipinski definition) is 4. The maximum Gasteiger partial charge on any atom is 0.138 e. The molecule has 1 saturated carbocycles. The minimum atomic E-state index is -0.137. The number of hydrogen-bond donors (Lipinski definition) is 1. The molecule has 3 rings (SSSR count). The molecule has 2 aromatic rings. The molecule has 3 nitrogen and oxygen atoms in total. The van der Waals surface area contributed by atoms with Crippen molar-refractivity contribution < 1.29 is 0 Å². The predicted molar refractivity (Wildman–Crippen MR) is 69.0 cm³/mol. The molecule has 1 fully saturated rings. The van der Waals surface area contributed by atoms with Gasteiger partial charge in [-0.3, -0.25) is 0 Å². The van der Waals surface area contributed by atoms with Crippen molar-refractivity contribution in [1.82, 2.24) is 10.2 Å². The number of benzene rings is 1. The van der Waals surface area contributed by atoms with E-state index in [9.17, 15) is 0 Å². The Bertz CT molecular complexity index is 490. The van der Waals surface area contributed by atoms with Crippen molar-refractivity contribution in [3.05, 3.63) is 45.9 Å². The molecular formula is C13H15N3S. The highest BCUT2D eigenvalue weighted by Gasteiger charge is 2.24. The van der Waals surface area contributed by atoms with E-state index in [1.54, 1.807) is 11.3 Å². The van der Waals surface area contributed by atoms with Crippen LogP contribution in [0.25, 0.3) is 0 Å². The van der Waals surface area contributed by atoms with Gasteiger partial charge in [0, 0.05) is 5.92 Å². The van der Waals surface area contributed by atoms with Crippen LogP contribution in [-0.2, 0) is 0 Å². The lowest BCUT2D eigenvalue weighted by Crippen LogP contribution is -2.11. The summed E-state index contributed by atoms with van der Waals surface area (Å²) >= 11 is 1.67. The highest BCUT2D eigenvalue weighted by atomic mass is 32.1.